The van der Waals surface area contributed by atoms with Gasteiger partial charge in [0.2, 0.25) is 5.95 Å². The molecule has 2 aliphatic rings. The van der Waals surface area contributed by atoms with Crippen LogP contribution in [0.3, 0.4) is 0 Å². The number of anilines is 3. The van der Waals surface area contributed by atoms with Gasteiger partial charge >= 0.3 is 0 Å². The minimum Gasteiger partial charge on any atom is -0.459 e. The summed E-state index contributed by atoms with van der Waals surface area (Å²) in [4.78, 5) is 28.1. The summed E-state index contributed by atoms with van der Waals surface area (Å²) in [7, 11) is 2.08. The van der Waals surface area contributed by atoms with Crippen molar-refractivity contribution in [2.24, 2.45) is 0 Å². The van der Waals surface area contributed by atoms with Crippen molar-refractivity contribution in [3.63, 3.8) is 0 Å². The van der Waals surface area contributed by atoms with Crippen LogP contribution in [-0.4, -0.2) is 79.8 Å². The number of aromatic nitrogens is 2. The van der Waals surface area contributed by atoms with E-state index in [-0.39, 0.29) is 5.76 Å². The summed E-state index contributed by atoms with van der Waals surface area (Å²) in [5, 5.41) is 2.92. The molecule has 2 aliphatic heterocycles. The number of hydrogen-bond acceptors (Lipinski definition) is 8. The Morgan fingerprint density at radius 1 is 1.11 bits per heavy atom. The van der Waals surface area contributed by atoms with Crippen molar-refractivity contribution in [1.29, 1.82) is 0 Å². The minimum absolute atomic E-state index is 0.187. The number of amides is 1. The zero-order valence-electron chi connectivity index (χ0n) is 19.9. The van der Waals surface area contributed by atoms with Crippen molar-refractivity contribution in [2.45, 2.75) is 13.0 Å². The maximum atomic E-state index is 15.5. The van der Waals surface area contributed by atoms with Gasteiger partial charge in [-0.25, -0.2) is 14.4 Å². The van der Waals surface area contributed by atoms with Crippen LogP contribution >= 0.6 is 0 Å². The SMILES string of the molecule is C[C@H]1CN(c2cc(F)c(-c3cnc(N4CCOCC4)nc3)cc2NC(=O)c2ccco2)CCN1C. The van der Waals surface area contributed by atoms with E-state index in [2.05, 4.69) is 39.1 Å². The topological polar surface area (TPSA) is 87.0 Å². The van der Waals surface area contributed by atoms with Gasteiger partial charge in [0.25, 0.3) is 5.91 Å². The Bertz CT molecular complexity index is 1160. The fraction of sp³-hybridized carbons (Fsp3) is 0.400. The number of likely N-dealkylation sites (N-methyl/N-ethyl adjacent to an activating group) is 1. The number of hydrogen-bond donors (Lipinski definition) is 1. The molecule has 0 radical (unpaired) electrons. The van der Waals surface area contributed by atoms with Crippen LogP contribution in [0.25, 0.3) is 11.1 Å². The first kappa shape index (κ1) is 23.3. The van der Waals surface area contributed by atoms with Crippen LogP contribution < -0.4 is 15.1 Å². The van der Waals surface area contributed by atoms with Crippen LogP contribution in [0.15, 0.2) is 47.3 Å². The normalized spacial score (nSPS) is 19.1. The lowest BCUT2D eigenvalue weighted by Gasteiger charge is -2.39. The molecule has 2 aromatic heterocycles. The molecule has 35 heavy (non-hydrogen) atoms. The number of halogens is 1. The molecule has 0 unspecified atom stereocenters. The Labute approximate surface area is 203 Å². The molecule has 1 aromatic carbocycles. The van der Waals surface area contributed by atoms with Crippen LogP contribution in [0.5, 0.6) is 0 Å². The van der Waals surface area contributed by atoms with E-state index in [4.69, 9.17) is 9.15 Å². The second-order valence-electron chi connectivity index (χ2n) is 8.93. The highest BCUT2D eigenvalue weighted by Gasteiger charge is 2.25. The van der Waals surface area contributed by atoms with Crippen molar-refractivity contribution in [3.8, 4) is 11.1 Å². The first-order chi connectivity index (χ1) is 17.0. The van der Waals surface area contributed by atoms with Gasteiger partial charge in [-0.05, 0) is 38.2 Å². The molecule has 3 aromatic rings. The van der Waals surface area contributed by atoms with Crippen LogP contribution in [0.2, 0.25) is 0 Å². The third-order valence-corrected chi connectivity index (χ3v) is 6.62. The quantitative estimate of drug-likeness (QED) is 0.596. The first-order valence-corrected chi connectivity index (χ1v) is 11.8. The zero-order chi connectivity index (χ0) is 24.4. The van der Waals surface area contributed by atoms with E-state index in [0.29, 0.717) is 47.7 Å². The number of piperazine rings is 1. The minimum atomic E-state index is -0.398. The number of benzene rings is 1. The van der Waals surface area contributed by atoms with E-state index >= 15 is 4.39 Å². The Kier molecular flexibility index (Phi) is 6.65. The molecule has 5 rings (SSSR count). The summed E-state index contributed by atoms with van der Waals surface area (Å²) in [5.41, 5.74) is 2.00. The van der Waals surface area contributed by atoms with Gasteiger partial charge in [0, 0.05) is 62.3 Å². The third kappa shape index (κ3) is 4.98. The highest BCUT2D eigenvalue weighted by molar-refractivity contribution is 6.04. The lowest BCUT2D eigenvalue weighted by Crippen LogP contribution is -2.50. The fourth-order valence-electron chi connectivity index (χ4n) is 4.39. The summed E-state index contributed by atoms with van der Waals surface area (Å²) in [6.07, 6.45) is 4.68. The van der Waals surface area contributed by atoms with E-state index in [9.17, 15) is 4.79 Å². The van der Waals surface area contributed by atoms with Crippen molar-refractivity contribution in [3.05, 3.63) is 54.5 Å². The lowest BCUT2D eigenvalue weighted by atomic mass is 10.0. The monoisotopic (exact) mass is 480 g/mol. The molecule has 10 heteroatoms. The molecule has 0 saturated carbocycles. The van der Waals surface area contributed by atoms with Gasteiger partial charge in [0.1, 0.15) is 5.82 Å². The lowest BCUT2D eigenvalue weighted by molar-refractivity contribution is 0.0996. The van der Waals surface area contributed by atoms with E-state index < -0.39 is 11.7 Å². The highest BCUT2D eigenvalue weighted by atomic mass is 19.1. The molecule has 0 aliphatic carbocycles. The molecule has 2 saturated heterocycles. The maximum absolute atomic E-state index is 15.5. The number of furan rings is 1. The van der Waals surface area contributed by atoms with Crippen molar-refractivity contribution in [1.82, 2.24) is 14.9 Å². The van der Waals surface area contributed by atoms with Gasteiger partial charge in [-0.1, -0.05) is 0 Å². The Balaban J connectivity index is 1.48. The summed E-state index contributed by atoms with van der Waals surface area (Å²) in [6, 6.07) is 6.68. The van der Waals surface area contributed by atoms with Crippen molar-refractivity contribution < 1.29 is 18.3 Å². The molecule has 4 heterocycles. The van der Waals surface area contributed by atoms with Gasteiger partial charge in [-0.2, -0.15) is 0 Å². The second-order valence-corrected chi connectivity index (χ2v) is 8.93. The summed E-state index contributed by atoms with van der Waals surface area (Å²) in [5.74, 6) is -0.0150. The average molecular weight is 481 g/mol. The Hall–Kier alpha value is -3.50. The van der Waals surface area contributed by atoms with Crippen LogP contribution in [0.1, 0.15) is 17.5 Å². The molecule has 184 valence electrons. The Morgan fingerprint density at radius 2 is 1.89 bits per heavy atom. The number of carbonyl (C=O) groups is 1. The van der Waals surface area contributed by atoms with Gasteiger partial charge in [-0.3, -0.25) is 4.79 Å². The van der Waals surface area contributed by atoms with Gasteiger partial charge in [-0.15, -0.1) is 0 Å². The molecule has 1 N–H and O–H groups in total. The Morgan fingerprint density at radius 3 is 2.57 bits per heavy atom. The standard InChI is InChI=1S/C25H29FN6O3/c1-17-16-32(6-5-30(17)2)22-13-20(26)19(12-21(22)29-24(33)23-4-3-9-35-23)18-14-27-25(28-15-18)31-7-10-34-11-8-31/h3-4,9,12-15,17H,5-8,10-11,16H2,1-2H3,(H,29,33)/t17-/m0/s1. The van der Waals surface area contributed by atoms with E-state index in [0.717, 1.165) is 32.7 Å². The number of nitrogens with one attached hydrogen (secondary N) is 1. The van der Waals surface area contributed by atoms with E-state index in [1.165, 1.54) is 12.3 Å². The highest BCUT2D eigenvalue weighted by Crippen LogP contribution is 2.35. The van der Waals surface area contributed by atoms with Crippen molar-refractivity contribution >= 4 is 23.2 Å². The second kappa shape index (κ2) is 10.0. The number of morpholine rings is 1. The third-order valence-electron chi connectivity index (χ3n) is 6.62. The van der Waals surface area contributed by atoms with Gasteiger partial charge in [0.15, 0.2) is 5.76 Å². The van der Waals surface area contributed by atoms with E-state index in [1.807, 2.05) is 4.90 Å². The summed E-state index contributed by atoms with van der Waals surface area (Å²) in [6.45, 7) is 7.11. The molecule has 0 bridgehead atoms. The smallest absolute Gasteiger partial charge is 0.291 e. The number of rotatable bonds is 5. The largest absolute Gasteiger partial charge is 0.459 e. The number of ether oxygens (including phenoxy) is 1. The van der Waals surface area contributed by atoms with Crippen LogP contribution in [-0.2, 0) is 4.74 Å². The predicted molar refractivity (Wildman–Crippen MR) is 131 cm³/mol. The van der Waals surface area contributed by atoms with Gasteiger partial charge < -0.3 is 29.2 Å². The maximum Gasteiger partial charge on any atom is 0.291 e. The molecule has 2 fully saturated rings. The molecule has 0 spiro atoms. The molecular weight excluding hydrogens is 451 g/mol. The van der Waals surface area contributed by atoms with Crippen molar-refractivity contribution in [2.75, 3.05) is 68.1 Å². The molecule has 9 nitrogen and oxygen atoms in total. The molecule has 1 atom stereocenters. The van der Waals surface area contributed by atoms with E-state index in [1.54, 1.807) is 30.6 Å². The number of nitrogens with zero attached hydrogens (tertiary/aromatic N) is 5. The molecular formula is C25H29FN6O3. The predicted octanol–water partition coefficient (Wildman–Crippen LogP) is 3.10. The van der Waals surface area contributed by atoms with Crippen LogP contribution in [0.4, 0.5) is 21.7 Å². The summed E-state index contributed by atoms with van der Waals surface area (Å²) >= 11 is 0. The molecule has 1 amide bonds. The fourth-order valence-corrected chi connectivity index (χ4v) is 4.39. The summed E-state index contributed by atoms with van der Waals surface area (Å²) < 4.78 is 26.1. The first-order valence-electron chi connectivity index (χ1n) is 11.8. The average Bonchev–Trinajstić information content (AvgIpc) is 3.43. The number of carbonyl (C=O) groups excluding carboxylic acids is 1. The van der Waals surface area contributed by atoms with Crippen LogP contribution in [0, 0.1) is 5.82 Å². The van der Waals surface area contributed by atoms with Gasteiger partial charge in [0.05, 0.1) is 30.9 Å². The zero-order valence-corrected chi connectivity index (χ0v) is 19.9.